The Kier molecular flexibility index (Phi) is 3.28. The Morgan fingerprint density at radius 1 is 1.17 bits per heavy atom. The van der Waals surface area contributed by atoms with Crippen LogP contribution in [0.3, 0.4) is 0 Å². The molecule has 1 amide bonds. The zero-order valence-corrected chi connectivity index (χ0v) is 12.6. The molecule has 2 N–H and O–H groups in total. The Balaban J connectivity index is 1.70. The van der Waals surface area contributed by atoms with Crippen LogP contribution in [0, 0.1) is 5.92 Å². The van der Waals surface area contributed by atoms with E-state index in [0.29, 0.717) is 28.9 Å². The van der Waals surface area contributed by atoms with Gasteiger partial charge in [0.1, 0.15) is 17.1 Å². The zero-order chi connectivity index (χ0) is 16.0. The van der Waals surface area contributed by atoms with Crippen molar-refractivity contribution < 1.29 is 14.7 Å². The predicted molar refractivity (Wildman–Crippen MR) is 81.8 cm³/mol. The van der Waals surface area contributed by atoms with Crippen molar-refractivity contribution >= 4 is 22.9 Å². The number of benzene rings is 1. The molecular formula is C16H18N4O3. The molecule has 2 aliphatic rings. The van der Waals surface area contributed by atoms with Crippen LogP contribution in [0.15, 0.2) is 18.2 Å². The van der Waals surface area contributed by atoms with Gasteiger partial charge in [0, 0.05) is 11.6 Å². The number of carbonyl (C=O) groups excluding carboxylic acids is 1. The van der Waals surface area contributed by atoms with E-state index >= 15 is 0 Å². The summed E-state index contributed by atoms with van der Waals surface area (Å²) in [6, 6.07) is 4.43. The van der Waals surface area contributed by atoms with Crippen LogP contribution < -0.4 is 0 Å². The molecule has 2 aromatic rings. The van der Waals surface area contributed by atoms with Crippen LogP contribution in [-0.2, 0) is 4.79 Å². The number of fused-ring (bicyclic) bond motifs is 2. The summed E-state index contributed by atoms with van der Waals surface area (Å²) < 4.78 is 0. The lowest BCUT2D eigenvalue weighted by molar-refractivity contribution is -0.141. The van der Waals surface area contributed by atoms with Gasteiger partial charge in [-0.1, -0.05) is 12.8 Å². The summed E-state index contributed by atoms with van der Waals surface area (Å²) in [5.74, 6) is -0.809. The fourth-order valence-corrected chi connectivity index (χ4v) is 4.10. The minimum absolute atomic E-state index is 0.0466. The molecule has 2 heterocycles. The van der Waals surface area contributed by atoms with Crippen molar-refractivity contribution in [1.29, 1.82) is 0 Å². The second-order valence-electron chi connectivity index (χ2n) is 6.44. The molecule has 3 atom stereocenters. The normalized spacial score (nSPS) is 27.1. The van der Waals surface area contributed by atoms with Gasteiger partial charge in [0.05, 0.1) is 0 Å². The van der Waals surface area contributed by atoms with E-state index in [9.17, 15) is 14.7 Å². The molecule has 0 radical (unpaired) electrons. The largest absolute Gasteiger partial charge is 0.480 e. The van der Waals surface area contributed by atoms with Gasteiger partial charge in [-0.15, -0.1) is 0 Å². The van der Waals surface area contributed by atoms with E-state index in [1.54, 1.807) is 23.1 Å². The monoisotopic (exact) mass is 314 g/mol. The van der Waals surface area contributed by atoms with Crippen molar-refractivity contribution in [1.82, 2.24) is 20.3 Å². The molecule has 1 aromatic heterocycles. The third kappa shape index (κ3) is 2.27. The first kappa shape index (κ1) is 14.2. The smallest absolute Gasteiger partial charge is 0.326 e. The number of nitrogens with one attached hydrogen (secondary N) is 1. The van der Waals surface area contributed by atoms with Crippen LogP contribution in [-0.4, -0.2) is 49.4 Å². The summed E-state index contributed by atoms with van der Waals surface area (Å²) in [4.78, 5) is 26.2. The maximum atomic E-state index is 13.0. The van der Waals surface area contributed by atoms with Gasteiger partial charge in [-0.25, -0.2) is 4.79 Å². The van der Waals surface area contributed by atoms with Crippen LogP contribution in [0.5, 0.6) is 0 Å². The molecule has 1 aliphatic carbocycles. The van der Waals surface area contributed by atoms with Gasteiger partial charge in [0.25, 0.3) is 5.91 Å². The highest BCUT2D eigenvalue weighted by Crippen LogP contribution is 2.40. The van der Waals surface area contributed by atoms with E-state index in [1.165, 1.54) is 0 Å². The molecule has 1 saturated heterocycles. The van der Waals surface area contributed by atoms with Gasteiger partial charge >= 0.3 is 5.97 Å². The second kappa shape index (κ2) is 5.33. The Bertz CT molecular complexity index is 772. The van der Waals surface area contributed by atoms with Crippen LogP contribution in [0.2, 0.25) is 0 Å². The highest BCUT2D eigenvalue weighted by molar-refractivity contribution is 5.99. The maximum Gasteiger partial charge on any atom is 0.326 e. The summed E-state index contributed by atoms with van der Waals surface area (Å²) in [7, 11) is 0. The standard InChI is InChI=1S/C16H18N4O3/c21-15(10-5-6-11-12(7-10)18-19-17-11)20-13-4-2-1-3-9(13)8-14(20)16(22)23/h5-7,9,13-14H,1-4,8H2,(H,22,23)(H,17,18,19)/t9-,13-,14+/m1/s1. The van der Waals surface area contributed by atoms with E-state index in [1.807, 2.05) is 0 Å². The van der Waals surface area contributed by atoms with Crippen LogP contribution in [0.1, 0.15) is 42.5 Å². The molecule has 7 heteroatoms. The average Bonchev–Trinajstić information content (AvgIpc) is 3.17. The first-order valence-electron chi connectivity index (χ1n) is 8.01. The van der Waals surface area contributed by atoms with Gasteiger partial charge in [0.15, 0.2) is 0 Å². The fourth-order valence-electron chi connectivity index (χ4n) is 4.10. The number of carboxylic acids is 1. The van der Waals surface area contributed by atoms with Gasteiger partial charge < -0.3 is 10.0 Å². The quantitative estimate of drug-likeness (QED) is 0.881. The highest BCUT2D eigenvalue weighted by Gasteiger charge is 2.47. The Hall–Kier alpha value is -2.44. The number of aliphatic carboxylic acids is 1. The lowest BCUT2D eigenvalue weighted by Crippen LogP contribution is -2.46. The van der Waals surface area contributed by atoms with Crippen molar-refractivity contribution in [2.45, 2.75) is 44.2 Å². The minimum Gasteiger partial charge on any atom is -0.480 e. The summed E-state index contributed by atoms with van der Waals surface area (Å²) >= 11 is 0. The number of amides is 1. The van der Waals surface area contributed by atoms with Crippen molar-refractivity contribution in [3.8, 4) is 0 Å². The van der Waals surface area contributed by atoms with Crippen molar-refractivity contribution in [2.75, 3.05) is 0 Å². The van der Waals surface area contributed by atoms with Gasteiger partial charge in [-0.2, -0.15) is 15.4 Å². The van der Waals surface area contributed by atoms with E-state index < -0.39 is 12.0 Å². The second-order valence-corrected chi connectivity index (χ2v) is 6.44. The summed E-state index contributed by atoms with van der Waals surface area (Å²) in [5.41, 5.74) is 1.78. The third-order valence-electron chi connectivity index (χ3n) is 5.17. The van der Waals surface area contributed by atoms with E-state index in [2.05, 4.69) is 15.4 Å². The molecular weight excluding hydrogens is 296 g/mol. The lowest BCUT2D eigenvalue weighted by Gasteiger charge is -2.33. The molecule has 4 rings (SSSR count). The average molecular weight is 314 g/mol. The first-order valence-corrected chi connectivity index (χ1v) is 8.01. The number of rotatable bonds is 2. The lowest BCUT2D eigenvalue weighted by atomic mass is 9.84. The van der Waals surface area contributed by atoms with E-state index in [4.69, 9.17) is 0 Å². The summed E-state index contributed by atoms with van der Waals surface area (Å²) in [6.07, 6.45) is 4.66. The molecule has 1 saturated carbocycles. The number of nitrogens with zero attached hydrogens (tertiary/aromatic N) is 3. The van der Waals surface area contributed by atoms with E-state index in [0.717, 1.165) is 25.7 Å². The number of H-pyrrole nitrogens is 1. The number of likely N-dealkylation sites (tertiary alicyclic amines) is 1. The van der Waals surface area contributed by atoms with Gasteiger partial charge in [-0.05, 0) is 43.4 Å². The Morgan fingerprint density at radius 3 is 2.78 bits per heavy atom. The van der Waals surface area contributed by atoms with Crippen molar-refractivity contribution in [3.05, 3.63) is 23.8 Å². The number of hydrogen-bond donors (Lipinski definition) is 2. The maximum absolute atomic E-state index is 13.0. The molecule has 0 unspecified atom stereocenters. The van der Waals surface area contributed by atoms with Crippen LogP contribution >= 0.6 is 0 Å². The number of aromatic amines is 1. The minimum atomic E-state index is -0.907. The number of carbonyl (C=O) groups is 2. The van der Waals surface area contributed by atoms with Crippen molar-refractivity contribution in [3.63, 3.8) is 0 Å². The van der Waals surface area contributed by atoms with Gasteiger partial charge in [0.2, 0.25) is 0 Å². The van der Waals surface area contributed by atoms with Crippen molar-refractivity contribution in [2.24, 2.45) is 5.92 Å². The molecule has 2 fully saturated rings. The fraction of sp³-hybridized carbons (Fsp3) is 0.500. The Labute approximate surface area is 132 Å². The third-order valence-corrected chi connectivity index (χ3v) is 5.17. The number of aromatic nitrogens is 3. The number of carboxylic acid groups (broad SMARTS) is 1. The van der Waals surface area contributed by atoms with Crippen LogP contribution in [0.25, 0.3) is 11.0 Å². The number of hydrogen-bond acceptors (Lipinski definition) is 4. The Morgan fingerprint density at radius 2 is 1.96 bits per heavy atom. The molecule has 7 nitrogen and oxygen atoms in total. The van der Waals surface area contributed by atoms with E-state index in [-0.39, 0.29) is 11.9 Å². The van der Waals surface area contributed by atoms with Gasteiger partial charge in [-0.3, -0.25) is 4.79 Å². The summed E-state index contributed by atoms with van der Waals surface area (Å²) in [5, 5.41) is 20.0. The molecule has 23 heavy (non-hydrogen) atoms. The highest BCUT2D eigenvalue weighted by atomic mass is 16.4. The SMILES string of the molecule is O=C(O)[C@@H]1C[C@H]2CCCC[C@H]2N1C(=O)c1ccc2n[nH]nc2c1. The molecule has 0 spiro atoms. The first-order chi connectivity index (χ1) is 11.1. The molecule has 0 bridgehead atoms. The zero-order valence-electron chi connectivity index (χ0n) is 12.6. The van der Waals surface area contributed by atoms with Crippen LogP contribution in [0.4, 0.5) is 0 Å². The summed E-state index contributed by atoms with van der Waals surface area (Å²) in [6.45, 7) is 0. The predicted octanol–water partition coefficient (Wildman–Crippen LogP) is 1.82. The molecule has 120 valence electrons. The molecule has 1 aliphatic heterocycles. The topological polar surface area (TPSA) is 99.2 Å². The molecule has 1 aromatic carbocycles.